The Hall–Kier alpha value is -0.910. The quantitative estimate of drug-likeness (QED) is 0.736. The number of nitrogens with two attached hydrogens (primary N) is 1. The number of amides is 1. The van der Waals surface area contributed by atoms with Crippen LogP contribution in [0.5, 0.6) is 0 Å². The minimum atomic E-state index is -0.369. The van der Waals surface area contributed by atoms with E-state index in [1.54, 1.807) is 16.7 Å². The van der Waals surface area contributed by atoms with E-state index in [1.165, 1.54) is 0 Å². The summed E-state index contributed by atoms with van der Waals surface area (Å²) < 4.78 is 0. The molecule has 1 aliphatic carbocycles. The molecule has 0 spiro atoms. The maximum Gasteiger partial charge on any atom is 0.249 e. The summed E-state index contributed by atoms with van der Waals surface area (Å²) in [4.78, 5) is 12.0. The van der Waals surface area contributed by atoms with Gasteiger partial charge in [-0.1, -0.05) is 0 Å². The molecule has 17 heavy (non-hydrogen) atoms. The van der Waals surface area contributed by atoms with Crippen molar-refractivity contribution in [2.45, 2.75) is 31.9 Å². The molecule has 4 N–H and O–H groups in total. The number of carbonyl (C=O) groups excluding carboxylic acids is 1. The molecule has 0 saturated heterocycles. The predicted octanol–water partition coefficient (Wildman–Crippen LogP) is 1.10. The van der Waals surface area contributed by atoms with Gasteiger partial charge in [0.2, 0.25) is 5.91 Å². The van der Waals surface area contributed by atoms with Crippen LogP contribution >= 0.6 is 11.3 Å². The first-order chi connectivity index (χ1) is 8.15. The normalized spacial score (nSPS) is 24.1. The Labute approximate surface area is 105 Å². The van der Waals surface area contributed by atoms with Crippen molar-refractivity contribution in [1.82, 2.24) is 5.32 Å². The van der Waals surface area contributed by atoms with E-state index >= 15 is 0 Å². The van der Waals surface area contributed by atoms with Crippen LogP contribution in [0.15, 0.2) is 11.4 Å². The van der Waals surface area contributed by atoms with Gasteiger partial charge in [-0.15, -0.1) is 11.3 Å². The van der Waals surface area contributed by atoms with Gasteiger partial charge in [0, 0.05) is 16.8 Å². The van der Waals surface area contributed by atoms with Gasteiger partial charge in [-0.3, -0.25) is 4.79 Å². The molecule has 0 aliphatic heterocycles. The highest BCUT2D eigenvalue weighted by atomic mass is 32.1. The van der Waals surface area contributed by atoms with E-state index in [0.717, 1.165) is 37.2 Å². The van der Waals surface area contributed by atoms with Gasteiger partial charge in [-0.25, -0.2) is 0 Å². The standard InChI is InChI=1S/C12H18N2O2S/c13-12(16)9-4-11(17-7-9)6-14-5-8-1-2-10(15)3-8/h4,7-8,10,14-15H,1-3,5-6H2,(H2,13,16). The number of rotatable bonds is 5. The minimum Gasteiger partial charge on any atom is -0.393 e. The van der Waals surface area contributed by atoms with Gasteiger partial charge in [0.1, 0.15) is 0 Å². The molecule has 0 radical (unpaired) electrons. The second kappa shape index (κ2) is 5.62. The first-order valence-electron chi connectivity index (χ1n) is 5.91. The summed E-state index contributed by atoms with van der Waals surface area (Å²) in [6.07, 6.45) is 2.83. The maximum absolute atomic E-state index is 10.9. The van der Waals surface area contributed by atoms with Crippen molar-refractivity contribution >= 4 is 17.2 Å². The van der Waals surface area contributed by atoms with Crippen LogP contribution in [0.1, 0.15) is 34.5 Å². The Morgan fingerprint density at radius 3 is 3.00 bits per heavy atom. The Balaban J connectivity index is 1.72. The maximum atomic E-state index is 10.9. The lowest BCUT2D eigenvalue weighted by Gasteiger charge is -2.09. The van der Waals surface area contributed by atoms with Crippen molar-refractivity contribution < 1.29 is 9.90 Å². The zero-order valence-corrected chi connectivity index (χ0v) is 10.5. The highest BCUT2D eigenvalue weighted by molar-refractivity contribution is 7.10. The third kappa shape index (κ3) is 3.52. The van der Waals surface area contributed by atoms with Crippen LogP contribution in [0.4, 0.5) is 0 Å². The minimum absolute atomic E-state index is 0.106. The lowest BCUT2D eigenvalue weighted by Crippen LogP contribution is -2.21. The van der Waals surface area contributed by atoms with Gasteiger partial charge >= 0.3 is 0 Å². The molecule has 0 bridgehead atoms. The number of aliphatic hydroxyl groups excluding tert-OH is 1. The number of aliphatic hydroxyl groups is 1. The SMILES string of the molecule is NC(=O)c1csc(CNCC2CCC(O)C2)c1. The summed E-state index contributed by atoms with van der Waals surface area (Å²) in [5.74, 6) is 0.215. The molecule has 2 rings (SSSR count). The fourth-order valence-electron chi connectivity index (χ4n) is 2.24. The van der Waals surface area contributed by atoms with Crippen molar-refractivity contribution in [1.29, 1.82) is 0 Å². The molecule has 1 amide bonds. The van der Waals surface area contributed by atoms with Crippen molar-refractivity contribution in [2.75, 3.05) is 6.54 Å². The highest BCUT2D eigenvalue weighted by Gasteiger charge is 2.22. The number of thiophene rings is 1. The summed E-state index contributed by atoms with van der Waals surface area (Å²) in [6.45, 7) is 1.70. The summed E-state index contributed by atoms with van der Waals surface area (Å²) in [5.41, 5.74) is 5.78. The van der Waals surface area contributed by atoms with Gasteiger partial charge in [0.25, 0.3) is 0 Å². The average Bonchev–Trinajstić information content (AvgIpc) is 2.88. The Bertz CT molecular complexity index is 392. The summed E-state index contributed by atoms with van der Waals surface area (Å²) in [5, 5.41) is 14.6. The number of nitrogens with one attached hydrogen (secondary N) is 1. The molecule has 2 atom stereocenters. The predicted molar refractivity (Wildman–Crippen MR) is 67.9 cm³/mol. The van der Waals surface area contributed by atoms with Crippen LogP contribution in [0.3, 0.4) is 0 Å². The third-order valence-corrected chi connectivity index (χ3v) is 4.12. The molecule has 1 saturated carbocycles. The van der Waals surface area contributed by atoms with Crippen LogP contribution in [0, 0.1) is 5.92 Å². The summed E-state index contributed by atoms with van der Waals surface area (Å²) in [7, 11) is 0. The number of primary amides is 1. The molecule has 0 aromatic carbocycles. The smallest absolute Gasteiger partial charge is 0.249 e. The molecule has 1 aromatic heterocycles. The molecule has 94 valence electrons. The number of carbonyl (C=O) groups is 1. The number of hydrogen-bond acceptors (Lipinski definition) is 4. The second-order valence-corrected chi connectivity index (χ2v) is 5.63. The highest BCUT2D eigenvalue weighted by Crippen LogP contribution is 2.24. The molecular formula is C12H18N2O2S. The fraction of sp³-hybridized carbons (Fsp3) is 0.583. The molecule has 4 nitrogen and oxygen atoms in total. The molecule has 1 aromatic rings. The van der Waals surface area contributed by atoms with Gasteiger partial charge in [0.05, 0.1) is 11.7 Å². The summed E-state index contributed by atoms with van der Waals surface area (Å²) in [6, 6.07) is 1.84. The first kappa shape index (κ1) is 12.5. The van der Waals surface area contributed by atoms with Gasteiger partial charge in [0.15, 0.2) is 0 Å². The van der Waals surface area contributed by atoms with Crippen LogP contribution in [0.25, 0.3) is 0 Å². The van der Waals surface area contributed by atoms with E-state index in [9.17, 15) is 9.90 Å². The van der Waals surface area contributed by atoms with Crippen molar-refractivity contribution in [3.63, 3.8) is 0 Å². The third-order valence-electron chi connectivity index (χ3n) is 3.18. The van der Waals surface area contributed by atoms with E-state index < -0.39 is 0 Å². The molecular weight excluding hydrogens is 236 g/mol. The lowest BCUT2D eigenvalue weighted by atomic mass is 10.1. The average molecular weight is 254 g/mol. The Morgan fingerprint density at radius 1 is 1.59 bits per heavy atom. The zero-order chi connectivity index (χ0) is 12.3. The number of hydrogen-bond donors (Lipinski definition) is 3. The molecule has 1 heterocycles. The zero-order valence-electron chi connectivity index (χ0n) is 9.69. The van der Waals surface area contributed by atoms with Crippen LogP contribution in [-0.4, -0.2) is 23.7 Å². The van der Waals surface area contributed by atoms with E-state index in [0.29, 0.717) is 11.5 Å². The van der Waals surface area contributed by atoms with Crippen molar-refractivity contribution in [3.8, 4) is 0 Å². The Kier molecular flexibility index (Phi) is 4.15. The van der Waals surface area contributed by atoms with Crippen LogP contribution in [0.2, 0.25) is 0 Å². The van der Waals surface area contributed by atoms with Gasteiger partial charge < -0.3 is 16.2 Å². The molecule has 5 heteroatoms. The molecule has 1 fully saturated rings. The Morgan fingerprint density at radius 2 is 2.41 bits per heavy atom. The van der Waals surface area contributed by atoms with E-state index in [4.69, 9.17) is 5.73 Å². The van der Waals surface area contributed by atoms with Crippen molar-refractivity contribution in [3.05, 3.63) is 21.9 Å². The largest absolute Gasteiger partial charge is 0.393 e. The molecule has 2 unspecified atom stereocenters. The van der Waals surface area contributed by atoms with Crippen molar-refractivity contribution in [2.24, 2.45) is 11.7 Å². The van der Waals surface area contributed by atoms with Gasteiger partial charge in [-0.2, -0.15) is 0 Å². The van der Waals surface area contributed by atoms with Crippen LogP contribution < -0.4 is 11.1 Å². The monoisotopic (exact) mass is 254 g/mol. The van der Waals surface area contributed by atoms with E-state index in [1.807, 2.05) is 6.07 Å². The topological polar surface area (TPSA) is 75.4 Å². The van der Waals surface area contributed by atoms with E-state index in [2.05, 4.69) is 5.32 Å². The van der Waals surface area contributed by atoms with E-state index in [-0.39, 0.29) is 12.0 Å². The van der Waals surface area contributed by atoms with Crippen LogP contribution in [-0.2, 0) is 6.54 Å². The second-order valence-electron chi connectivity index (χ2n) is 4.63. The van der Waals surface area contributed by atoms with Gasteiger partial charge in [-0.05, 0) is 37.8 Å². The fourth-order valence-corrected chi connectivity index (χ4v) is 3.08. The summed E-state index contributed by atoms with van der Waals surface area (Å²) >= 11 is 1.55. The lowest BCUT2D eigenvalue weighted by molar-refractivity contribution is 0.100. The molecule has 1 aliphatic rings. The first-order valence-corrected chi connectivity index (χ1v) is 6.79.